The summed E-state index contributed by atoms with van der Waals surface area (Å²) < 4.78 is 32.4. The van der Waals surface area contributed by atoms with Crippen LogP contribution in [0.15, 0.2) is 77.7 Å². The van der Waals surface area contributed by atoms with E-state index in [0.29, 0.717) is 11.3 Å². The largest absolute Gasteiger partial charge is 0.462 e. The van der Waals surface area contributed by atoms with E-state index in [1.165, 1.54) is 42.5 Å². The molecule has 0 aliphatic heterocycles. The van der Waals surface area contributed by atoms with Crippen LogP contribution in [0.4, 0.5) is 11.4 Å². The third-order valence-electron chi connectivity index (χ3n) is 4.17. The van der Waals surface area contributed by atoms with Crippen LogP contribution >= 0.6 is 11.6 Å². The first-order chi connectivity index (χ1) is 14.8. The lowest BCUT2D eigenvalue weighted by atomic mass is 10.1. The Balaban J connectivity index is 1.77. The van der Waals surface area contributed by atoms with Gasteiger partial charge in [0.25, 0.3) is 15.9 Å². The number of benzene rings is 3. The molecule has 3 aromatic carbocycles. The lowest BCUT2D eigenvalue weighted by molar-refractivity contribution is 0.0526. The Morgan fingerprint density at radius 3 is 2.23 bits per heavy atom. The summed E-state index contributed by atoms with van der Waals surface area (Å²) in [4.78, 5) is 24.5. The van der Waals surface area contributed by atoms with E-state index in [-0.39, 0.29) is 27.8 Å². The normalized spacial score (nSPS) is 10.9. The van der Waals surface area contributed by atoms with Crippen molar-refractivity contribution in [2.24, 2.45) is 0 Å². The van der Waals surface area contributed by atoms with Crippen molar-refractivity contribution < 1.29 is 22.7 Å². The van der Waals surface area contributed by atoms with E-state index in [1.54, 1.807) is 37.3 Å². The molecule has 0 atom stereocenters. The molecule has 2 N–H and O–H groups in total. The molecule has 7 nitrogen and oxygen atoms in total. The first-order valence-corrected chi connectivity index (χ1v) is 11.1. The molecule has 1 amide bonds. The lowest BCUT2D eigenvalue weighted by Crippen LogP contribution is -2.15. The van der Waals surface area contributed by atoms with Gasteiger partial charge in [0.05, 0.1) is 27.7 Å². The minimum absolute atomic E-state index is 0.0874. The van der Waals surface area contributed by atoms with Crippen molar-refractivity contribution in [2.75, 3.05) is 16.6 Å². The Labute approximate surface area is 185 Å². The van der Waals surface area contributed by atoms with Crippen molar-refractivity contribution in [3.8, 4) is 0 Å². The zero-order chi connectivity index (χ0) is 22.4. The van der Waals surface area contributed by atoms with Gasteiger partial charge in [-0.2, -0.15) is 0 Å². The molecular formula is C22H19ClN2O5S. The molecule has 0 aromatic heterocycles. The van der Waals surface area contributed by atoms with E-state index < -0.39 is 21.9 Å². The van der Waals surface area contributed by atoms with Crippen molar-refractivity contribution in [1.82, 2.24) is 0 Å². The van der Waals surface area contributed by atoms with Crippen molar-refractivity contribution in [1.29, 1.82) is 0 Å². The quantitative estimate of drug-likeness (QED) is 0.505. The number of amides is 1. The van der Waals surface area contributed by atoms with Crippen LogP contribution in [-0.4, -0.2) is 26.9 Å². The molecule has 0 spiro atoms. The average Bonchev–Trinajstić information content (AvgIpc) is 2.76. The molecule has 0 saturated heterocycles. The Bertz CT molecular complexity index is 1200. The van der Waals surface area contributed by atoms with E-state index in [9.17, 15) is 18.0 Å². The van der Waals surface area contributed by atoms with Crippen molar-refractivity contribution in [2.45, 2.75) is 11.8 Å². The fourth-order valence-electron chi connectivity index (χ4n) is 2.68. The van der Waals surface area contributed by atoms with Gasteiger partial charge in [-0.1, -0.05) is 29.8 Å². The Morgan fingerprint density at radius 2 is 1.58 bits per heavy atom. The molecule has 0 radical (unpaired) electrons. The first kappa shape index (κ1) is 22.3. The molecule has 0 saturated carbocycles. The molecule has 9 heteroatoms. The monoisotopic (exact) mass is 458 g/mol. The number of anilines is 2. The van der Waals surface area contributed by atoms with Crippen molar-refractivity contribution in [3.63, 3.8) is 0 Å². The van der Waals surface area contributed by atoms with Gasteiger partial charge in [-0.15, -0.1) is 0 Å². The highest BCUT2D eigenvalue weighted by Crippen LogP contribution is 2.24. The summed E-state index contributed by atoms with van der Waals surface area (Å²) in [6, 6.07) is 18.3. The summed E-state index contributed by atoms with van der Waals surface area (Å²) >= 11 is 6.15. The van der Waals surface area contributed by atoms with Gasteiger partial charge in [0.1, 0.15) is 0 Å². The number of carbonyl (C=O) groups is 2. The SMILES string of the molecule is CCOC(=O)c1ccc(NC(=O)c2cc(NS(=O)(=O)c3ccccc3)ccc2Cl)cc1. The number of nitrogens with one attached hydrogen (secondary N) is 2. The minimum atomic E-state index is -3.81. The number of sulfonamides is 1. The molecule has 0 unspecified atom stereocenters. The maximum atomic E-state index is 12.7. The van der Waals surface area contributed by atoms with Crippen LogP contribution in [-0.2, 0) is 14.8 Å². The molecule has 3 aromatic rings. The van der Waals surface area contributed by atoms with Gasteiger partial charge in [-0.3, -0.25) is 9.52 Å². The Morgan fingerprint density at radius 1 is 0.935 bits per heavy atom. The van der Waals surface area contributed by atoms with Crippen LogP contribution in [0.2, 0.25) is 5.02 Å². The van der Waals surface area contributed by atoms with E-state index in [2.05, 4.69) is 10.0 Å². The van der Waals surface area contributed by atoms with Crippen LogP contribution in [0.5, 0.6) is 0 Å². The van der Waals surface area contributed by atoms with E-state index >= 15 is 0 Å². The van der Waals surface area contributed by atoms with Gasteiger partial charge in [0, 0.05) is 11.4 Å². The van der Waals surface area contributed by atoms with Crippen LogP contribution in [0.3, 0.4) is 0 Å². The van der Waals surface area contributed by atoms with Gasteiger partial charge in [0.2, 0.25) is 0 Å². The van der Waals surface area contributed by atoms with E-state index in [4.69, 9.17) is 16.3 Å². The van der Waals surface area contributed by atoms with Gasteiger partial charge in [-0.05, 0) is 61.5 Å². The van der Waals surface area contributed by atoms with E-state index in [1.807, 2.05) is 0 Å². The van der Waals surface area contributed by atoms with Crippen molar-refractivity contribution in [3.05, 3.63) is 88.9 Å². The predicted molar refractivity (Wildman–Crippen MR) is 119 cm³/mol. The van der Waals surface area contributed by atoms with Gasteiger partial charge >= 0.3 is 5.97 Å². The van der Waals surface area contributed by atoms with Crippen molar-refractivity contribution >= 4 is 44.9 Å². The molecule has 31 heavy (non-hydrogen) atoms. The van der Waals surface area contributed by atoms with Crippen LogP contribution in [0.25, 0.3) is 0 Å². The molecule has 0 bridgehead atoms. The second kappa shape index (κ2) is 9.63. The number of halogens is 1. The number of ether oxygens (including phenoxy) is 1. The molecule has 3 rings (SSSR count). The summed E-state index contributed by atoms with van der Waals surface area (Å²) in [6.45, 7) is 1.98. The standard InChI is InChI=1S/C22H19ClN2O5S/c1-2-30-22(27)15-8-10-16(11-9-15)24-21(26)19-14-17(12-13-20(19)23)25-31(28,29)18-6-4-3-5-7-18/h3-14,25H,2H2,1H3,(H,24,26). The third-order valence-corrected chi connectivity index (χ3v) is 5.90. The predicted octanol–water partition coefficient (Wildman–Crippen LogP) is 4.57. The average molecular weight is 459 g/mol. The highest BCUT2D eigenvalue weighted by atomic mass is 35.5. The zero-order valence-electron chi connectivity index (χ0n) is 16.5. The third kappa shape index (κ3) is 5.62. The fourth-order valence-corrected chi connectivity index (χ4v) is 3.95. The Kier molecular flexibility index (Phi) is 6.94. The summed E-state index contributed by atoms with van der Waals surface area (Å²) in [6.07, 6.45) is 0. The lowest BCUT2D eigenvalue weighted by Gasteiger charge is -2.11. The van der Waals surface area contributed by atoms with Crippen LogP contribution in [0.1, 0.15) is 27.6 Å². The summed E-state index contributed by atoms with van der Waals surface area (Å²) in [5.74, 6) is -0.989. The van der Waals surface area contributed by atoms with Gasteiger partial charge in [0.15, 0.2) is 0 Å². The summed E-state index contributed by atoms with van der Waals surface area (Å²) in [7, 11) is -3.81. The van der Waals surface area contributed by atoms with Gasteiger partial charge in [-0.25, -0.2) is 13.2 Å². The number of carbonyl (C=O) groups excluding carboxylic acids is 2. The number of rotatable bonds is 7. The number of hydrogen-bond donors (Lipinski definition) is 2. The fraction of sp³-hybridized carbons (Fsp3) is 0.0909. The minimum Gasteiger partial charge on any atom is -0.462 e. The molecule has 0 heterocycles. The molecule has 0 aliphatic carbocycles. The molecule has 0 aliphatic rings. The maximum absolute atomic E-state index is 12.7. The highest BCUT2D eigenvalue weighted by molar-refractivity contribution is 7.92. The van der Waals surface area contributed by atoms with Crippen LogP contribution in [0, 0.1) is 0 Å². The number of esters is 1. The van der Waals surface area contributed by atoms with E-state index in [0.717, 1.165) is 0 Å². The second-order valence-corrected chi connectivity index (χ2v) is 8.45. The number of hydrogen-bond acceptors (Lipinski definition) is 5. The molecule has 160 valence electrons. The molecular weight excluding hydrogens is 440 g/mol. The van der Waals surface area contributed by atoms with Gasteiger partial charge < -0.3 is 10.1 Å². The summed E-state index contributed by atoms with van der Waals surface area (Å²) in [5.41, 5.74) is 1.07. The smallest absolute Gasteiger partial charge is 0.338 e. The topological polar surface area (TPSA) is 102 Å². The van der Waals surface area contributed by atoms with Crippen LogP contribution < -0.4 is 10.0 Å². The summed E-state index contributed by atoms with van der Waals surface area (Å²) in [5, 5.41) is 2.82. The Hall–Kier alpha value is -3.36. The second-order valence-electron chi connectivity index (χ2n) is 6.37. The molecule has 0 fully saturated rings. The maximum Gasteiger partial charge on any atom is 0.338 e. The zero-order valence-corrected chi connectivity index (χ0v) is 18.0. The first-order valence-electron chi connectivity index (χ1n) is 9.26. The highest BCUT2D eigenvalue weighted by Gasteiger charge is 2.17.